The lowest BCUT2D eigenvalue weighted by molar-refractivity contribution is -0.114. The first kappa shape index (κ1) is 18.8. The van der Waals surface area contributed by atoms with E-state index in [0.717, 1.165) is 25.1 Å². The lowest BCUT2D eigenvalue weighted by atomic mass is 10.2. The van der Waals surface area contributed by atoms with Crippen LogP contribution in [-0.2, 0) is 9.53 Å². The van der Waals surface area contributed by atoms with Crippen LogP contribution in [0.25, 0.3) is 0 Å². The van der Waals surface area contributed by atoms with E-state index in [1.165, 1.54) is 6.92 Å². The summed E-state index contributed by atoms with van der Waals surface area (Å²) in [6, 6.07) is 8.84. The minimum Gasteiger partial charge on any atom is -0.376 e. The number of aryl methyl sites for hydroxylation is 1. The summed E-state index contributed by atoms with van der Waals surface area (Å²) in [6.45, 7) is 4.41. The molecule has 8 heteroatoms. The van der Waals surface area contributed by atoms with Crippen molar-refractivity contribution in [3.05, 3.63) is 41.9 Å². The van der Waals surface area contributed by atoms with E-state index in [2.05, 4.69) is 25.9 Å². The predicted molar refractivity (Wildman–Crippen MR) is 102 cm³/mol. The molecule has 1 fully saturated rings. The van der Waals surface area contributed by atoms with E-state index in [1.54, 1.807) is 25.1 Å². The molecular weight excluding hydrogens is 346 g/mol. The maximum atomic E-state index is 12.4. The molecule has 1 aliphatic heterocycles. The Morgan fingerprint density at radius 3 is 2.78 bits per heavy atom. The summed E-state index contributed by atoms with van der Waals surface area (Å²) in [5.74, 6) is 0.589. The van der Waals surface area contributed by atoms with Gasteiger partial charge in [-0.2, -0.15) is 0 Å². The van der Waals surface area contributed by atoms with Crippen LogP contribution in [0.2, 0.25) is 0 Å². The van der Waals surface area contributed by atoms with Crippen LogP contribution in [0.15, 0.2) is 30.3 Å². The van der Waals surface area contributed by atoms with Crippen LogP contribution in [-0.4, -0.2) is 41.0 Å². The zero-order valence-corrected chi connectivity index (χ0v) is 15.4. The third-order valence-corrected chi connectivity index (χ3v) is 4.04. The van der Waals surface area contributed by atoms with Crippen LogP contribution >= 0.6 is 0 Å². The normalized spacial score (nSPS) is 16.0. The fraction of sp³-hybridized carbons (Fsp3) is 0.368. The maximum absolute atomic E-state index is 12.4. The number of aromatic nitrogens is 2. The highest BCUT2D eigenvalue weighted by Gasteiger charge is 2.17. The molecule has 3 rings (SSSR count). The zero-order valence-electron chi connectivity index (χ0n) is 15.4. The number of carbonyl (C=O) groups is 2. The molecule has 0 saturated carbocycles. The number of ether oxygens (including phenoxy) is 1. The second-order valence-electron chi connectivity index (χ2n) is 6.42. The standard InChI is InChI=1S/C19H23N5O3/c1-12-21-17(19(26)20-11-16-7-4-8-27-16)10-18(22-12)24-15-6-3-5-14(9-15)23-13(2)25/h3,5-6,9-10,16H,4,7-8,11H2,1-2H3,(H,20,26)(H,23,25)(H,21,22,24). The van der Waals surface area contributed by atoms with Crippen LogP contribution in [0.4, 0.5) is 17.2 Å². The SMILES string of the molecule is CC(=O)Nc1cccc(Nc2cc(C(=O)NCC3CCCO3)nc(C)n2)c1. The number of amides is 2. The lowest BCUT2D eigenvalue weighted by Gasteiger charge is -2.12. The number of benzene rings is 1. The topological polar surface area (TPSA) is 105 Å². The van der Waals surface area contributed by atoms with Gasteiger partial charge in [0.15, 0.2) is 0 Å². The van der Waals surface area contributed by atoms with Gasteiger partial charge >= 0.3 is 0 Å². The summed E-state index contributed by atoms with van der Waals surface area (Å²) in [4.78, 5) is 32.1. The smallest absolute Gasteiger partial charge is 0.270 e. The van der Waals surface area contributed by atoms with Crippen molar-refractivity contribution in [3.8, 4) is 0 Å². The monoisotopic (exact) mass is 369 g/mol. The Balaban J connectivity index is 1.69. The number of anilines is 3. The van der Waals surface area contributed by atoms with Crippen molar-refractivity contribution >= 4 is 29.0 Å². The summed E-state index contributed by atoms with van der Waals surface area (Å²) in [7, 11) is 0. The Morgan fingerprint density at radius 1 is 1.22 bits per heavy atom. The molecular formula is C19H23N5O3. The molecule has 1 unspecified atom stereocenters. The van der Waals surface area contributed by atoms with Crippen molar-refractivity contribution in [2.45, 2.75) is 32.8 Å². The molecule has 0 radical (unpaired) electrons. The van der Waals surface area contributed by atoms with Gasteiger partial charge in [0.1, 0.15) is 17.3 Å². The van der Waals surface area contributed by atoms with Crippen molar-refractivity contribution < 1.29 is 14.3 Å². The third kappa shape index (κ3) is 5.49. The van der Waals surface area contributed by atoms with Gasteiger partial charge in [0.05, 0.1) is 6.10 Å². The highest BCUT2D eigenvalue weighted by atomic mass is 16.5. The van der Waals surface area contributed by atoms with Crippen molar-refractivity contribution in [1.29, 1.82) is 0 Å². The van der Waals surface area contributed by atoms with Gasteiger partial charge < -0.3 is 20.7 Å². The van der Waals surface area contributed by atoms with E-state index < -0.39 is 0 Å². The van der Waals surface area contributed by atoms with Crippen LogP contribution in [0, 0.1) is 6.92 Å². The molecule has 142 valence electrons. The number of rotatable bonds is 6. The fourth-order valence-corrected chi connectivity index (χ4v) is 2.88. The minimum atomic E-state index is -0.258. The highest BCUT2D eigenvalue weighted by Crippen LogP contribution is 2.19. The van der Waals surface area contributed by atoms with Gasteiger partial charge in [-0.1, -0.05) is 6.07 Å². The van der Waals surface area contributed by atoms with E-state index in [4.69, 9.17) is 4.74 Å². The summed E-state index contributed by atoms with van der Waals surface area (Å²) >= 11 is 0. The molecule has 2 amide bonds. The molecule has 27 heavy (non-hydrogen) atoms. The number of nitrogens with one attached hydrogen (secondary N) is 3. The first-order valence-corrected chi connectivity index (χ1v) is 8.90. The highest BCUT2D eigenvalue weighted by molar-refractivity contribution is 5.93. The van der Waals surface area contributed by atoms with Crippen LogP contribution < -0.4 is 16.0 Å². The van der Waals surface area contributed by atoms with E-state index in [1.807, 2.05) is 12.1 Å². The number of nitrogens with zero attached hydrogens (tertiary/aromatic N) is 2. The molecule has 0 aliphatic carbocycles. The molecule has 1 aromatic carbocycles. The third-order valence-electron chi connectivity index (χ3n) is 4.04. The average Bonchev–Trinajstić information content (AvgIpc) is 3.12. The molecule has 1 atom stereocenters. The number of carbonyl (C=O) groups excluding carboxylic acids is 2. The van der Waals surface area contributed by atoms with Crippen molar-refractivity contribution in [2.75, 3.05) is 23.8 Å². The van der Waals surface area contributed by atoms with Gasteiger partial charge in [0.25, 0.3) is 5.91 Å². The van der Waals surface area contributed by atoms with Gasteiger partial charge in [-0.05, 0) is 38.0 Å². The van der Waals surface area contributed by atoms with E-state index in [9.17, 15) is 9.59 Å². The predicted octanol–water partition coefficient (Wildman–Crippen LogP) is 2.40. The molecule has 1 saturated heterocycles. The quantitative estimate of drug-likeness (QED) is 0.722. The Morgan fingerprint density at radius 2 is 2.04 bits per heavy atom. The number of hydrogen-bond acceptors (Lipinski definition) is 6. The van der Waals surface area contributed by atoms with E-state index in [-0.39, 0.29) is 17.9 Å². The van der Waals surface area contributed by atoms with Gasteiger partial charge in [-0.25, -0.2) is 9.97 Å². The first-order chi connectivity index (χ1) is 13.0. The molecule has 3 N–H and O–H groups in total. The summed E-state index contributed by atoms with van der Waals surface area (Å²) < 4.78 is 5.51. The molecule has 1 aliphatic rings. The molecule has 8 nitrogen and oxygen atoms in total. The zero-order chi connectivity index (χ0) is 19.2. The van der Waals surface area contributed by atoms with Gasteiger partial charge in [-0.15, -0.1) is 0 Å². The average molecular weight is 369 g/mol. The summed E-state index contributed by atoms with van der Waals surface area (Å²) in [5.41, 5.74) is 1.71. The van der Waals surface area contributed by atoms with Crippen LogP contribution in [0.1, 0.15) is 36.1 Å². The summed E-state index contributed by atoms with van der Waals surface area (Å²) in [5, 5.41) is 8.73. The molecule has 0 spiro atoms. The van der Waals surface area contributed by atoms with Gasteiger partial charge in [0.2, 0.25) is 5.91 Å². The maximum Gasteiger partial charge on any atom is 0.270 e. The van der Waals surface area contributed by atoms with Crippen LogP contribution in [0.5, 0.6) is 0 Å². The van der Waals surface area contributed by atoms with Crippen LogP contribution in [0.3, 0.4) is 0 Å². The fourth-order valence-electron chi connectivity index (χ4n) is 2.88. The Hall–Kier alpha value is -3.00. The molecule has 2 heterocycles. The van der Waals surface area contributed by atoms with Gasteiger partial charge in [0, 0.05) is 37.5 Å². The van der Waals surface area contributed by atoms with Crippen molar-refractivity contribution in [3.63, 3.8) is 0 Å². The Labute approximate surface area is 157 Å². The van der Waals surface area contributed by atoms with Crippen molar-refractivity contribution in [1.82, 2.24) is 15.3 Å². The molecule has 0 bridgehead atoms. The largest absolute Gasteiger partial charge is 0.376 e. The number of hydrogen-bond donors (Lipinski definition) is 3. The molecule has 2 aromatic rings. The first-order valence-electron chi connectivity index (χ1n) is 8.90. The minimum absolute atomic E-state index is 0.0750. The lowest BCUT2D eigenvalue weighted by Crippen LogP contribution is -2.32. The summed E-state index contributed by atoms with van der Waals surface area (Å²) in [6.07, 6.45) is 2.06. The van der Waals surface area contributed by atoms with E-state index >= 15 is 0 Å². The Bertz CT molecular complexity index is 834. The van der Waals surface area contributed by atoms with Crippen molar-refractivity contribution in [2.24, 2.45) is 0 Å². The second-order valence-corrected chi connectivity index (χ2v) is 6.42. The molecule has 1 aromatic heterocycles. The van der Waals surface area contributed by atoms with Gasteiger partial charge in [-0.3, -0.25) is 9.59 Å². The second kappa shape index (κ2) is 8.59. The van der Waals surface area contributed by atoms with E-state index in [0.29, 0.717) is 29.6 Å². The Kier molecular flexibility index (Phi) is 5.97.